The molecule has 0 radical (unpaired) electrons. The maximum Gasteiger partial charge on any atom is 0.305 e. The fourth-order valence-electron chi connectivity index (χ4n) is 7.87. The highest BCUT2D eigenvalue weighted by Gasteiger charge is 2.20. The molecule has 0 aromatic heterocycles. The molecule has 0 spiro atoms. The summed E-state index contributed by atoms with van der Waals surface area (Å²) in [6.07, 6.45) is 53.1. The van der Waals surface area contributed by atoms with Crippen molar-refractivity contribution in [2.45, 2.75) is 289 Å². The lowest BCUT2D eigenvalue weighted by atomic mass is 10.0. The van der Waals surface area contributed by atoms with Gasteiger partial charge < -0.3 is 20.3 Å². The average Bonchev–Trinajstić information content (AvgIpc) is 3.21. The smallest absolute Gasteiger partial charge is 0.305 e. The van der Waals surface area contributed by atoms with Crippen LogP contribution in [0.2, 0.25) is 0 Å². The van der Waals surface area contributed by atoms with Gasteiger partial charge in [-0.25, -0.2) is 0 Å². The number of aliphatic hydroxyl groups is 2. The Labute approximate surface area is 355 Å². The lowest BCUT2D eigenvalue weighted by Gasteiger charge is -2.22. The lowest BCUT2D eigenvalue weighted by Crippen LogP contribution is -2.45. The third-order valence-corrected chi connectivity index (χ3v) is 11.8. The fourth-order valence-corrected chi connectivity index (χ4v) is 7.87. The maximum absolute atomic E-state index is 12.4. The molecule has 0 bridgehead atoms. The molecule has 0 fully saturated rings. The van der Waals surface area contributed by atoms with E-state index in [1.54, 1.807) is 0 Å². The Kier molecular flexibility index (Phi) is 46.1. The van der Waals surface area contributed by atoms with Crippen LogP contribution in [0.15, 0.2) is 12.2 Å². The highest BCUT2D eigenvalue weighted by atomic mass is 16.5. The van der Waals surface area contributed by atoms with Crippen LogP contribution in [0, 0.1) is 0 Å². The average molecular weight is 806 g/mol. The minimum Gasteiger partial charge on any atom is -0.466 e. The summed E-state index contributed by atoms with van der Waals surface area (Å²) < 4.78 is 5.45. The molecule has 1 amide bonds. The molecular formula is C51H99NO5. The van der Waals surface area contributed by atoms with Gasteiger partial charge in [0, 0.05) is 12.8 Å². The molecule has 6 nitrogen and oxygen atoms in total. The van der Waals surface area contributed by atoms with Crippen molar-refractivity contribution in [1.29, 1.82) is 0 Å². The summed E-state index contributed by atoms with van der Waals surface area (Å²) in [7, 11) is 0. The molecule has 0 rings (SSSR count). The summed E-state index contributed by atoms with van der Waals surface area (Å²) in [6, 6.07) is -0.549. The summed E-state index contributed by atoms with van der Waals surface area (Å²) in [4.78, 5) is 24.4. The number of aliphatic hydroxyl groups excluding tert-OH is 2. The van der Waals surface area contributed by atoms with Gasteiger partial charge in [0.25, 0.3) is 0 Å². The number of carbonyl (C=O) groups is 2. The summed E-state index contributed by atoms with van der Waals surface area (Å²) >= 11 is 0. The number of ether oxygens (including phenoxy) is 1. The summed E-state index contributed by atoms with van der Waals surface area (Å²) in [5.41, 5.74) is 0. The Morgan fingerprint density at radius 3 is 1.25 bits per heavy atom. The minimum atomic E-state index is -0.671. The normalized spacial score (nSPS) is 12.7. The molecule has 0 aromatic carbocycles. The molecule has 0 aliphatic carbocycles. The highest BCUT2D eigenvalue weighted by molar-refractivity contribution is 5.76. The largest absolute Gasteiger partial charge is 0.466 e. The van der Waals surface area contributed by atoms with Gasteiger partial charge in [0.1, 0.15) is 0 Å². The van der Waals surface area contributed by atoms with E-state index in [2.05, 4.69) is 31.3 Å². The highest BCUT2D eigenvalue weighted by Crippen LogP contribution is 2.16. The Morgan fingerprint density at radius 2 is 0.825 bits per heavy atom. The number of hydrogen-bond acceptors (Lipinski definition) is 5. The van der Waals surface area contributed by atoms with Crippen molar-refractivity contribution in [2.75, 3.05) is 13.2 Å². The zero-order valence-electron chi connectivity index (χ0n) is 38.3. The molecule has 57 heavy (non-hydrogen) atoms. The van der Waals surface area contributed by atoms with Gasteiger partial charge in [-0.3, -0.25) is 9.59 Å². The topological polar surface area (TPSA) is 95.9 Å². The van der Waals surface area contributed by atoms with E-state index in [0.29, 0.717) is 25.9 Å². The standard InChI is InChI=1S/C51H99NO5/c1-3-5-7-9-11-13-15-17-21-25-29-33-37-41-45-51(56)57-46-42-38-34-30-26-22-18-20-24-28-32-36-40-44-50(55)52-48(47-53)49(54)43-39-35-31-27-23-19-16-14-12-10-8-6-4-2/h15,17,48-49,53-54H,3-14,16,18-47H2,1-2H3,(H,52,55)/b17-15-. The van der Waals surface area contributed by atoms with Gasteiger partial charge in [0.2, 0.25) is 5.91 Å². The molecule has 0 aromatic rings. The van der Waals surface area contributed by atoms with E-state index in [-0.39, 0.29) is 18.5 Å². The van der Waals surface area contributed by atoms with Gasteiger partial charge in [-0.2, -0.15) is 0 Å². The van der Waals surface area contributed by atoms with E-state index in [9.17, 15) is 19.8 Å². The molecule has 0 heterocycles. The maximum atomic E-state index is 12.4. The molecule has 6 heteroatoms. The van der Waals surface area contributed by atoms with Crippen molar-refractivity contribution < 1.29 is 24.5 Å². The number of allylic oxidation sites excluding steroid dienone is 2. The molecule has 0 aliphatic heterocycles. The van der Waals surface area contributed by atoms with Gasteiger partial charge in [0.15, 0.2) is 0 Å². The SMILES string of the molecule is CCCCCCC/C=C\CCCCCCCC(=O)OCCCCCCCCCCCCCCCC(=O)NC(CO)C(O)CCCCCCCCCCCCCCC. The van der Waals surface area contributed by atoms with E-state index in [1.165, 1.54) is 193 Å². The first-order valence-corrected chi connectivity index (χ1v) is 25.4. The zero-order chi connectivity index (χ0) is 41.5. The van der Waals surface area contributed by atoms with Crippen LogP contribution in [0.4, 0.5) is 0 Å². The van der Waals surface area contributed by atoms with Crippen LogP contribution in [0.25, 0.3) is 0 Å². The predicted octanol–water partition coefficient (Wildman–Crippen LogP) is 15.0. The number of nitrogens with one attached hydrogen (secondary N) is 1. The Bertz CT molecular complexity index is 847. The molecule has 0 saturated carbocycles. The Hall–Kier alpha value is -1.40. The van der Waals surface area contributed by atoms with E-state index in [4.69, 9.17) is 4.74 Å². The van der Waals surface area contributed by atoms with Crippen LogP contribution >= 0.6 is 0 Å². The number of unbranched alkanes of at least 4 members (excludes halogenated alkanes) is 34. The summed E-state index contributed by atoms with van der Waals surface area (Å²) in [5.74, 6) is -0.0617. The van der Waals surface area contributed by atoms with Crippen molar-refractivity contribution >= 4 is 11.9 Å². The molecule has 338 valence electrons. The minimum absolute atomic E-state index is 0.0139. The van der Waals surface area contributed by atoms with Crippen molar-refractivity contribution in [2.24, 2.45) is 0 Å². The number of amides is 1. The van der Waals surface area contributed by atoms with Gasteiger partial charge in [-0.05, 0) is 51.4 Å². The molecule has 2 unspecified atom stereocenters. The Morgan fingerprint density at radius 1 is 0.474 bits per heavy atom. The molecular weight excluding hydrogens is 707 g/mol. The van der Waals surface area contributed by atoms with Gasteiger partial charge >= 0.3 is 5.97 Å². The Balaban J connectivity index is 3.45. The number of carbonyl (C=O) groups excluding carboxylic acids is 2. The monoisotopic (exact) mass is 806 g/mol. The number of esters is 1. The van der Waals surface area contributed by atoms with Crippen molar-refractivity contribution in [3.05, 3.63) is 12.2 Å². The van der Waals surface area contributed by atoms with Gasteiger partial charge in [-0.15, -0.1) is 0 Å². The first-order chi connectivity index (χ1) is 28.0. The zero-order valence-corrected chi connectivity index (χ0v) is 38.3. The van der Waals surface area contributed by atoms with Crippen molar-refractivity contribution in [1.82, 2.24) is 5.32 Å². The first kappa shape index (κ1) is 55.6. The van der Waals surface area contributed by atoms with Gasteiger partial charge in [-0.1, -0.05) is 225 Å². The third-order valence-electron chi connectivity index (χ3n) is 11.8. The molecule has 0 aliphatic rings. The van der Waals surface area contributed by atoms with Crippen LogP contribution in [0.5, 0.6) is 0 Å². The number of rotatable bonds is 47. The van der Waals surface area contributed by atoms with Crippen LogP contribution in [0.1, 0.15) is 277 Å². The van der Waals surface area contributed by atoms with E-state index in [0.717, 1.165) is 51.4 Å². The summed E-state index contributed by atoms with van der Waals surface area (Å²) in [5, 5.41) is 23.2. The van der Waals surface area contributed by atoms with Crippen LogP contribution < -0.4 is 5.32 Å². The van der Waals surface area contributed by atoms with Gasteiger partial charge in [0.05, 0.1) is 25.4 Å². The summed E-state index contributed by atoms with van der Waals surface area (Å²) in [6.45, 7) is 4.91. The molecule has 0 saturated heterocycles. The van der Waals surface area contributed by atoms with Crippen LogP contribution in [-0.4, -0.2) is 47.4 Å². The quantitative estimate of drug-likeness (QED) is 0.0323. The second-order valence-corrected chi connectivity index (χ2v) is 17.5. The fraction of sp³-hybridized carbons (Fsp3) is 0.922. The van der Waals surface area contributed by atoms with E-state index < -0.39 is 12.1 Å². The second kappa shape index (κ2) is 47.3. The number of hydrogen-bond donors (Lipinski definition) is 3. The van der Waals surface area contributed by atoms with E-state index >= 15 is 0 Å². The molecule has 2 atom stereocenters. The van der Waals surface area contributed by atoms with E-state index in [1.807, 2.05) is 0 Å². The van der Waals surface area contributed by atoms with Crippen LogP contribution in [-0.2, 0) is 14.3 Å². The predicted molar refractivity (Wildman–Crippen MR) is 246 cm³/mol. The van der Waals surface area contributed by atoms with Crippen LogP contribution in [0.3, 0.4) is 0 Å². The second-order valence-electron chi connectivity index (χ2n) is 17.5. The third kappa shape index (κ3) is 44.0. The lowest BCUT2D eigenvalue weighted by molar-refractivity contribution is -0.143. The van der Waals surface area contributed by atoms with Crippen molar-refractivity contribution in [3.8, 4) is 0 Å². The van der Waals surface area contributed by atoms with Crippen molar-refractivity contribution in [3.63, 3.8) is 0 Å². The molecule has 3 N–H and O–H groups in total. The first-order valence-electron chi connectivity index (χ1n) is 25.4.